The van der Waals surface area contributed by atoms with Crippen LogP contribution in [-0.2, 0) is 24.4 Å². The molecule has 0 atom stereocenters. The molecule has 4 heterocycles. The first-order valence-corrected chi connectivity index (χ1v) is 9.45. The maximum absolute atomic E-state index is 12.7. The van der Waals surface area contributed by atoms with Gasteiger partial charge in [0.05, 0.1) is 31.0 Å². The number of hydrogen-bond acceptors (Lipinski definition) is 5. The Kier molecular flexibility index (Phi) is 5.15. The van der Waals surface area contributed by atoms with Gasteiger partial charge in [0.15, 0.2) is 5.69 Å². The molecule has 8 nitrogen and oxygen atoms in total. The summed E-state index contributed by atoms with van der Waals surface area (Å²) in [6.07, 6.45) is 3.50. The van der Waals surface area contributed by atoms with Crippen molar-refractivity contribution < 1.29 is 9.59 Å². The summed E-state index contributed by atoms with van der Waals surface area (Å²) in [7, 11) is 0. The summed E-state index contributed by atoms with van der Waals surface area (Å²) in [5.41, 5.74) is 2.09. The van der Waals surface area contributed by atoms with Gasteiger partial charge in [0.1, 0.15) is 0 Å². The third kappa shape index (κ3) is 4.00. The van der Waals surface area contributed by atoms with E-state index in [1.165, 1.54) is 0 Å². The van der Waals surface area contributed by atoms with E-state index in [1.807, 2.05) is 27.8 Å². The molecule has 27 heavy (non-hydrogen) atoms. The van der Waals surface area contributed by atoms with Crippen molar-refractivity contribution in [2.45, 2.75) is 32.5 Å². The first-order valence-electron chi connectivity index (χ1n) is 9.45. The summed E-state index contributed by atoms with van der Waals surface area (Å²) in [6, 6.07) is 7.38. The SMILES string of the molecule is O=C(NCc1ccccn1)c1cc2n(n1)CCN(C(=O)C1CCNCC1)C2. The van der Waals surface area contributed by atoms with Gasteiger partial charge in [-0.25, -0.2) is 0 Å². The maximum atomic E-state index is 12.7. The van der Waals surface area contributed by atoms with Gasteiger partial charge >= 0.3 is 0 Å². The zero-order valence-corrected chi connectivity index (χ0v) is 15.2. The zero-order chi connectivity index (χ0) is 18.6. The van der Waals surface area contributed by atoms with Crippen molar-refractivity contribution in [3.63, 3.8) is 0 Å². The lowest BCUT2D eigenvalue weighted by atomic mass is 9.96. The highest BCUT2D eigenvalue weighted by molar-refractivity contribution is 5.92. The lowest BCUT2D eigenvalue weighted by Crippen LogP contribution is -2.44. The van der Waals surface area contributed by atoms with Gasteiger partial charge in [-0.2, -0.15) is 5.10 Å². The summed E-state index contributed by atoms with van der Waals surface area (Å²) < 4.78 is 1.84. The van der Waals surface area contributed by atoms with Crippen molar-refractivity contribution >= 4 is 11.8 Å². The second-order valence-electron chi connectivity index (χ2n) is 7.03. The standard InChI is InChI=1S/C19H24N6O2/c26-18(22-12-15-3-1-2-6-21-15)17-11-16-13-24(9-10-25(16)23-17)19(27)14-4-7-20-8-5-14/h1-3,6,11,14,20H,4-5,7-10,12-13H2,(H,22,26). The molecule has 0 aliphatic carbocycles. The third-order valence-corrected chi connectivity index (χ3v) is 5.19. The minimum atomic E-state index is -0.223. The van der Waals surface area contributed by atoms with Crippen LogP contribution >= 0.6 is 0 Å². The maximum Gasteiger partial charge on any atom is 0.272 e. The lowest BCUT2D eigenvalue weighted by Gasteiger charge is -2.32. The molecule has 2 aliphatic heterocycles. The van der Waals surface area contributed by atoms with E-state index in [2.05, 4.69) is 20.7 Å². The van der Waals surface area contributed by atoms with Crippen molar-refractivity contribution in [1.82, 2.24) is 30.3 Å². The molecule has 0 unspecified atom stereocenters. The van der Waals surface area contributed by atoms with E-state index in [-0.39, 0.29) is 17.7 Å². The van der Waals surface area contributed by atoms with Crippen molar-refractivity contribution in [1.29, 1.82) is 0 Å². The molecule has 0 bridgehead atoms. The Labute approximate surface area is 158 Å². The highest BCUT2D eigenvalue weighted by Gasteiger charge is 2.29. The molecule has 142 valence electrons. The second kappa shape index (κ2) is 7.87. The summed E-state index contributed by atoms with van der Waals surface area (Å²) in [5.74, 6) is 0.116. The first kappa shape index (κ1) is 17.7. The minimum absolute atomic E-state index is 0.113. The van der Waals surface area contributed by atoms with Gasteiger partial charge in [0.2, 0.25) is 5.91 Å². The molecule has 1 saturated heterocycles. The van der Waals surface area contributed by atoms with Crippen molar-refractivity contribution in [2.24, 2.45) is 5.92 Å². The third-order valence-electron chi connectivity index (χ3n) is 5.19. The van der Waals surface area contributed by atoms with Crippen LogP contribution in [0.4, 0.5) is 0 Å². The molecule has 0 saturated carbocycles. The molecule has 4 rings (SSSR count). The predicted molar refractivity (Wildman–Crippen MR) is 98.6 cm³/mol. The van der Waals surface area contributed by atoms with Gasteiger partial charge in [0, 0.05) is 18.7 Å². The van der Waals surface area contributed by atoms with Crippen molar-refractivity contribution in [2.75, 3.05) is 19.6 Å². The molecule has 0 aromatic carbocycles. The van der Waals surface area contributed by atoms with E-state index < -0.39 is 0 Å². The summed E-state index contributed by atoms with van der Waals surface area (Å²) >= 11 is 0. The van der Waals surface area contributed by atoms with Crippen LogP contribution < -0.4 is 10.6 Å². The Balaban J connectivity index is 1.38. The molecule has 2 aliphatic rings. The Morgan fingerprint density at radius 3 is 2.85 bits per heavy atom. The topological polar surface area (TPSA) is 92.2 Å². The first-order chi connectivity index (χ1) is 13.2. The van der Waals surface area contributed by atoms with Gasteiger partial charge in [-0.1, -0.05) is 6.07 Å². The largest absolute Gasteiger partial charge is 0.345 e. The number of carbonyl (C=O) groups excluding carboxylic acids is 2. The molecule has 2 N–H and O–H groups in total. The van der Waals surface area contributed by atoms with Crippen LogP contribution in [0.5, 0.6) is 0 Å². The lowest BCUT2D eigenvalue weighted by molar-refractivity contribution is -0.137. The fourth-order valence-corrected chi connectivity index (χ4v) is 3.66. The number of nitrogens with zero attached hydrogens (tertiary/aromatic N) is 4. The molecule has 2 aromatic rings. The summed E-state index contributed by atoms with van der Waals surface area (Å²) in [6.45, 7) is 3.96. The van der Waals surface area contributed by atoms with E-state index in [9.17, 15) is 9.59 Å². The van der Waals surface area contributed by atoms with Gasteiger partial charge in [-0.15, -0.1) is 0 Å². The molecule has 0 spiro atoms. The van der Waals surface area contributed by atoms with Gasteiger partial charge < -0.3 is 15.5 Å². The number of hydrogen-bond donors (Lipinski definition) is 2. The number of fused-ring (bicyclic) bond motifs is 1. The van der Waals surface area contributed by atoms with Crippen LogP contribution in [0.25, 0.3) is 0 Å². The molecular weight excluding hydrogens is 344 g/mol. The smallest absolute Gasteiger partial charge is 0.272 e. The average Bonchev–Trinajstić information content (AvgIpc) is 3.16. The number of nitrogens with one attached hydrogen (secondary N) is 2. The van der Waals surface area contributed by atoms with E-state index in [0.29, 0.717) is 31.9 Å². The minimum Gasteiger partial charge on any atom is -0.345 e. The van der Waals surface area contributed by atoms with E-state index in [0.717, 1.165) is 37.3 Å². The molecular formula is C19H24N6O2. The number of amides is 2. The predicted octanol–water partition coefficient (Wildman–Crippen LogP) is 0.550. The summed E-state index contributed by atoms with van der Waals surface area (Å²) in [4.78, 5) is 31.2. The normalized spacial score (nSPS) is 17.4. The van der Waals surface area contributed by atoms with Crippen LogP contribution in [0.15, 0.2) is 30.5 Å². The van der Waals surface area contributed by atoms with Crippen LogP contribution in [0, 0.1) is 5.92 Å². The Hall–Kier alpha value is -2.74. The van der Waals surface area contributed by atoms with Crippen molar-refractivity contribution in [3.05, 3.63) is 47.5 Å². The molecule has 0 radical (unpaired) electrons. The van der Waals surface area contributed by atoms with E-state index >= 15 is 0 Å². The molecule has 1 fully saturated rings. The molecule has 2 aromatic heterocycles. The average molecular weight is 368 g/mol. The zero-order valence-electron chi connectivity index (χ0n) is 15.2. The van der Waals surface area contributed by atoms with E-state index in [1.54, 1.807) is 12.3 Å². The Morgan fingerprint density at radius 2 is 2.07 bits per heavy atom. The van der Waals surface area contributed by atoms with Crippen LogP contribution in [0.3, 0.4) is 0 Å². The van der Waals surface area contributed by atoms with Crippen LogP contribution in [0.2, 0.25) is 0 Å². The summed E-state index contributed by atoms with van der Waals surface area (Å²) in [5, 5.41) is 10.5. The highest BCUT2D eigenvalue weighted by atomic mass is 16.2. The Morgan fingerprint density at radius 1 is 1.22 bits per heavy atom. The van der Waals surface area contributed by atoms with Gasteiger partial charge in [-0.3, -0.25) is 19.3 Å². The quantitative estimate of drug-likeness (QED) is 0.822. The molecule has 2 amide bonds. The monoisotopic (exact) mass is 368 g/mol. The van der Waals surface area contributed by atoms with E-state index in [4.69, 9.17) is 0 Å². The fraction of sp³-hybridized carbons (Fsp3) is 0.474. The number of aromatic nitrogens is 3. The Bertz CT molecular complexity index is 813. The van der Waals surface area contributed by atoms with Crippen LogP contribution in [0.1, 0.15) is 34.7 Å². The number of piperidine rings is 1. The number of pyridine rings is 1. The second-order valence-corrected chi connectivity index (χ2v) is 7.03. The number of carbonyl (C=O) groups is 2. The fourth-order valence-electron chi connectivity index (χ4n) is 3.66. The number of rotatable bonds is 4. The van der Waals surface area contributed by atoms with Gasteiger partial charge in [-0.05, 0) is 44.1 Å². The molecule has 8 heteroatoms. The van der Waals surface area contributed by atoms with Gasteiger partial charge in [0.25, 0.3) is 5.91 Å². The van der Waals surface area contributed by atoms with Crippen LogP contribution in [-0.4, -0.2) is 51.1 Å². The highest BCUT2D eigenvalue weighted by Crippen LogP contribution is 2.20. The van der Waals surface area contributed by atoms with Crippen molar-refractivity contribution in [3.8, 4) is 0 Å².